The smallest absolute Gasteiger partial charge is 0.255 e. The fourth-order valence-corrected chi connectivity index (χ4v) is 6.23. The zero-order chi connectivity index (χ0) is 28.2. The molecule has 3 aliphatic heterocycles. The van der Waals surface area contributed by atoms with Crippen LogP contribution in [0.1, 0.15) is 47.5 Å². The summed E-state index contributed by atoms with van der Waals surface area (Å²) in [5.41, 5.74) is 2.30. The lowest BCUT2D eigenvalue weighted by Crippen LogP contribution is -2.47. The lowest BCUT2D eigenvalue weighted by atomic mass is 9.94. The molecule has 1 N–H and O–H groups in total. The average molecular weight is 557 g/mol. The minimum atomic E-state index is -0.275. The van der Waals surface area contributed by atoms with Crippen molar-refractivity contribution in [2.24, 2.45) is 5.92 Å². The molecule has 1 aromatic heterocycles. The van der Waals surface area contributed by atoms with E-state index in [0.29, 0.717) is 51.4 Å². The van der Waals surface area contributed by atoms with Crippen molar-refractivity contribution in [3.05, 3.63) is 71.9 Å². The summed E-state index contributed by atoms with van der Waals surface area (Å²) in [5.74, 6) is 0.345. The van der Waals surface area contributed by atoms with Crippen LogP contribution in [0, 0.1) is 5.92 Å². The highest BCUT2D eigenvalue weighted by Gasteiger charge is 2.39. The number of nitrogens with zero attached hydrogens (tertiary/aromatic N) is 3. The summed E-state index contributed by atoms with van der Waals surface area (Å²) in [4.78, 5) is 48.7. The number of benzene rings is 2. The van der Waals surface area contributed by atoms with E-state index in [1.807, 2.05) is 53.4 Å². The van der Waals surface area contributed by atoms with Crippen molar-refractivity contribution in [1.82, 2.24) is 20.1 Å². The molecule has 2 fully saturated rings. The van der Waals surface area contributed by atoms with Gasteiger partial charge in [-0.1, -0.05) is 30.3 Å². The normalized spacial score (nSPS) is 22.4. The molecule has 3 aromatic rings. The van der Waals surface area contributed by atoms with E-state index in [2.05, 4.69) is 10.3 Å². The lowest BCUT2D eigenvalue weighted by molar-refractivity contribution is -0.137. The summed E-state index contributed by atoms with van der Waals surface area (Å²) < 4.78 is 11.5. The van der Waals surface area contributed by atoms with Crippen LogP contribution in [0.25, 0.3) is 10.9 Å². The van der Waals surface area contributed by atoms with Crippen LogP contribution >= 0.6 is 0 Å². The molecule has 2 bridgehead atoms. The molecule has 3 aliphatic rings. The third kappa shape index (κ3) is 6.05. The molecule has 2 atom stereocenters. The first-order valence-electron chi connectivity index (χ1n) is 14.6. The number of rotatable bonds is 2. The van der Waals surface area contributed by atoms with E-state index in [1.165, 1.54) is 0 Å². The second-order valence-corrected chi connectivity index (χ2v) is 11.1. The zero-order valence-electron chi connectivity index (χ0n) is 23.2. The second kappa shape index (κ2) is 12.3. The van der Waals surface area contributed by atoms with E-state index in [-0.39, 0.29) is 42.1 Å². The number of likely N-dealkylation sites (tertiary alicyclic amines) is 1. The van der Waals surface area contributed by atoms with Crippen LogP contribution < -0.4 is 10.1 Å². The minimum Gasteiger partial charge on any atom is -0.494 e. The number of carbonyl (C=O) groups excluding carboxylic acids is 3. The van der Waals surface area contributed by atoms with Gasteiger partial charge in [0.2, 0.25) is 11.8 Å². The van der Waals surface area contributed by atoms with E-state index >= 15 is 0 Å². The van der Waals surface area contributed by atoms with Crippen molar-refractivity contribution in [2.75, 3.05) is 46.0 Å². The van der Waals surface area contributed by atoms with Gasteiger partial charge in [0.1, 0.15) is 5.75 Å². The molecule has 0 unspecified atom stereocenters. The summed E-state index contributed by atoms with van der Waals surface area (Å²) in [6.07, 6.45) is 4.52. The fourth-order valence-electron chi connectivity index (χ4n) is 6.23. The Kier molecular flexibility index (Phi) is 8.14. The van der Waals surface area contributed by atoms with Crippen molar-refractivity contribution in [3.8, 4) is 5.75 Å². The number of hydrogen-bond donors (Lipinski definition) is 1. The molecule has 0 aliphatic carbocycles. The maximum Gasteiger partial charge on any atom is 0.255 e. The Morgan fingerprint density at radius 2 is 1.78 bits per heavy atom. The monoisotopic (exact) mass is 556 g/mol. The standard InChI is InChI=1S/C32H36N4O5/c37-30-21-35(32(39)26-10-13-33-28-9-2-1-8-25(26)28)14-3-4-15-41-24-7-5-6-23(18-24)27-19-36(20-29(27)34-30)31(38)22-11-16-40-17-12-22/h1-2,5-10,13,18,22,27,29H,3-4,11-12,14-17,19-21H2,(H,34,37)/t27-,29+/m1/s1. The molecule has 214 valence electrons. The highest BCUT2D eigenvalue weighted by Crippen LogP contribution is 2.32. The van der Waals surface area contributed by atoms with E-state index < -0.39 is 0 Å². The molecule has 9 nitrogen and oxygen atoms in total. The lowest BCUT2D eigenvalue weighted by Gasteiger charge is -2.26. The van der Waals surface area contributed by atoms with Gasteiger partial charge in [-0.3, -0.25) is 19.4 Å². The molecule has 4 heterocycles. The van der Waals surface area contributed by atoms with Crippen LogP contribution in [-0.4, -0.2) is 84.5 Å². The highest BCUT2D eigenvalue weighted by molar-refractivity contribution is 6.06. The molecule has 6 rings (SSSR count). The van der Waals surface area contributed by atoms with E-state index in [4.69, 9.17) is 9.47 Å². The Balaban J connectivity index is 1.25. The number of ether oxygens (including phenoxy) is 2. The number of carbonyl (C=O) groups is 3. The number of nitrogens with one attached hydrogen (secondary N) is 1. The van der Waals surface area contributed by atoms with Crippen LogP contribution in [0.5, 0.6) is 5.75 Å². The van der Waals surface area contributed by atoms with Gasteiger partial charge in [0.25, 0.3) is 5.91 Å². The van der Waals surface area contributed by atoms with Gasteiger partial charge in [-0.05, 0) is 55.5 Å². The summed E-state index contributed by atoms with van der Waals surface area (Å²) in [5, 5.41) is 3.96. The summed E-state index contributed by atoms with van der Waals surface area (Å²) in [7, 11) is 0. The topological polar surface area (TPSA) is 101 Å². The minimum absolute atomic E-state index is 0.0501. The van der Waals surface area contributed by atoms with Crippen LogP contribution in [-0.2, 0) is 14.3 Å². The predicted octanol–water partition coefficient (Wildman–Crippen LogP) is 3.39. The molecule has 9 heteroatoms. The van der Waals surface area contributed by atoms with Crippen LogP contribution in [0.3, 0.4) is 0 Å². The largest absolute Gasteiger partial charge is 0.494 e. The quantitative estimate of drug-likeness (QED) is 0.520. The summed E-state index contributed by atoms with van der Waals surface area (Å²) >= 11 is 0. The summed E-state index contributed by atoms with van der Waals surface area (Å²) in [6.45, 7) is 3.03. The van der Waals surface area contributed by atoms with Crippen LogP contribution in [0.2, 0.25) is 0 Å². The zero-order valence-corrected chi connectivity index (χ0v) is 23.2. The number of fused-ring (bicyclic) bond motifs is 5. The molecule has 0 saturated carbocycles. The van der Waals surface area contributed by atoms with Crippen LogP contribution in [0.15, 0.2) is 60.8 Å². The first-order chi connectivity index (χ1) is 20.1. The number of hydrogen-bond acceptors (Lipinski definition) is 6. The van der Waals surface area contributed by atoms with E-state index in [0.717, 1.165) is 41.5 Å². The Hall–Kier alpha value is -3.98. The molecule has 3 amide bonds. The molecule has 2 saturated heterocycles. The molecule has 0 radical (unpaired) electrons. The van der Waals surface area contributed by atoms with Crippen molar-refractivity contribution >= 4 is 28.6 Å². The fraction of sp³-hybridized carbons (Fsp3) is 0.438. The summed E-state index contributed by atoms with van der Waals surface area (Å²) in [6, 6.07) is 17.0. The Bertz CT molecular complexity index is 1420. The molecule has 2 aromatic carbocycles. The second-order valence-electron chi connectivity index (χ2n) is 11.1. The average Bonchev–Trinajstić information content (AvgIpc) is 3.43. The maximum absolute atomic E-state index is 13.8. The third-order valence-corrected chi connectivity index (χ3v) is 8.43. The number of aromatic nitrogens is 1. The molecular weight excluding hydrogens is 520 g/mol. The van der Waals surface area contributed by atoms with Crippen LogP contribution in [0.4, 0.5) is 0 Å². The van der Waals surface area contributed by atoms with Gasteiger partial charge in [-0.15, -0.1) is 0 Å². The molecule has 0 spiro atoms. The van der Waals surface area contributed by atoms with Gasteiger partial charge >= 0.3 is 0 Å². The first kappa shape index (κ1) is 27.2. The van der Waals surface area contributed by atoms with Gasteiger partial charge < -0.3 is 24.6 Å². The van der Waals surface area contributed by atoms with Crippen molar-refractivity contribution in [2.45, 2.75) is 37.6 Å². The predicted molar refractivity (Wildman–Crippen MR) is 154 cm³/mol. The maximum atomic E-state index is 13.8. The highest BCUT2D eigenvalue weighted by atomic mass is 16.5. The Morgan fingerprint density at radius 1 is 0.927 bits per heavy atom. The SMILES string of the molecule is O=C1CN(C(=O)c2ccnc3ccccc23)CCCCOc2cccc(c2)[C@H]2CN(C(=O)C3CCOCC3)C[C@@H]2N1. The van der Waals surface area contributed by atoms with Gasteiger partial charge in [0.05, 0.1) is 30.3 Å². The Labute approximate surface area is 239 Å². The van der Waals surface area contributed by atoms with Gasteiger partial charge in [-0.25, -0.2) is 0 Å². The van der Waals surface area contributed by atoms with E-state index in [1.54, 1.807) is 17.2 Å². The third-order valence-electron chi connectivity index (χ3n) is 8.43. The number of amides is 3. The van der Waals surface area contributed by atoms with Crippen molar-refractivity contribution in [1.29, 1.82) is 0 Å². The van der Waals surface area contributed by atoms with Gasteiger partial charge in [-0.2, -0.15) is 0 Å². The van der Waals surface area contributed by atoms with Gasteiger partial charge in [0, 0.05) is 56.3 Å². The molecule has 41 heavy (non-hydrogen) atoms. The Morgan fingerprint density at radius 3 is 2.66 bits per heavy atom. The van der Waals surface area contributed by atoms with E-state index in [9.17, 15) is 14.4 Å². The molecular formula is C32H36N4O5. The van der Waals surface area contributed by atoms with Gasteiger partial charge in [0.15, 0.2) is 0 Å². The first-order valence-corrected chi connectivity index (χ1v) is 14.6. The number of para-hydroxylation sites is 1. The van der Waals surface area contributed by atoms with Crippen molar-refractivity contribution in [3.63, 3.8) is 0 Å². The van der Waals surface area contributed by atoms with Crippen molar-refractivity contribution < 1.29 is 23.9 Å². The number of pyridine rings is 1.